The van der Waals surface area contributed by atoms with Crippen molar-refractivity contribution in [2.75, 3.05) is 20.1 Å². The molecule has 0 aliphatic rings. The number of nitrogens with one attached hydrogen (secondary N) is 1. The molecule has 0 aromatic heterocycles. The Balaban J connectivity index is 1.80. The summed E-state index contributed by atoms with van der Waals surface area (Å²) < 4.78 is 33.4. The summed E-state index contributed by atoms with van der Waals surface area (Å²) in [6.45, 7) is 7.02. The van der Waals surface area contributed by atoms with Crippen LogP contribution in [0.3, 0.4) is 0 Å². The smallest absolute Gasteiger partial charge is 0.338 e. The number of aryl methyl sites for hydroxylation is 2. The molecule has 0 saturated heterocycles. The second-order valence-corrected chi connectivity index (χ2v) is 9.80. The third kappa shape index (κ3) is 8.70. The van der Waals surface area contributed by atoms with E-state index >= 15 is 0 Å². The quantitative estimate of drug-likeness (QED) is 0.324. The summed E-state index contributed by atoms with van der Waals surface area (Å²) in [5.41, 5.74) is 10.4. The Labute approximate surface area is 229 Å². The first kappa shape index (κ1) is 29.9. The standard InChI is InChI=1S/C31H37F2N3O3/c1-5-21-8-7-9-22(12-21)18-35-19-29(28(34)15-23-13-26(32)17-27(33)14-23)39-31(38)25-11-20(3)10-24(16-25)30(37)36(4)6-2/h7-14,16-17,28-29,35H,5-6,15,18-19,34H2,1-4H3/t28-,29+/m0/s1. The number of carbonyl (C=O) groups is 2. The van der Waals surface area contributed by atoms with Crippen LogP contribution in [0.1, 0.15) is 56.8 Å². The topological polar surface area (TPSA) is 84.7 Å². The van der Waals surface area contributed by atoms with Gasteiger partial charge in [-0.2, -0.15) is 0 Å². The second kappa shape index (κ2) is 14.0. The van der Waals surface area contributed by atoms with Crippen LogP contribution in [-0.2, 0) is 24.1 Å². The lowest BCUT2D eigenvalue weighted by molar-refractivity contribution is 0.0238. The Morgan fingerprint density at radius 3 is 2.28 bits per heavy atom. The van der Waals surface area contributed by atoms with Crippen molar-refractivity contribution >= 4 is 11.9 Å². The monoisotopic (exact) mass is 537 g/mol. The number of benzene rings is 3. The van der Waals surface area contributed by atoms with E-state index in [1.165, 1.54) is 23.8 Å². The van der Waals surface area contributed by atoms with Crippen LogP contribution in [0.5, 0.6) is 0 Å². The predicted molar refractivity (Wildman–Crippen MR) is 149 cm³/mol. The van der Waals surface area contributed by atoms with E-state index in [4.69, 9.17) is 10.5 Å². The van der Waals surface area contributed by atoms with Crippen LogP contribution in [-0.4, -0.2) is 49.1 Å². The first-order valence-electron chi connectivity index (χ1n) is 13.2. The van der Waals surface area contributed by atoms with Crippen LogP contribution in [0, 0.1) is 18.6 Å². The van der Waals surface area contributed by atoms with Gasteiger partial charge >= 0.3 is 5.97 Å². The van der Waals surface area contributed by atoms with Gasteiger partial charge in [-0.25, -0.2) is 13.6 Å². The van der Waals surface area contributed by atoms with Gasteiger partial charge in [0.2, 0.25) is 0 Å². The van der Waals surface area contributed by atoms with Gasteiger partial charge in [-0.1, -0.05) is 31.2 Å². The van der Waals surface area contributed by atoms with E-state index in [1.54, 1.807) is 31.0 Å². The largest absolute Gasteiger partial charge is 0.456 e. The predicted octanol–water partition coefficient (Wildman–Crippen LogP) is 4.81. The normalized spacial score (nSPS) is 12.6. The number of amides is 1. The Morgan fingerprint density at radius 2 is 1.62 bits per heavy atom. The molecule has 0 aliphatic carbocycles. The van der Waals surface area contributed by atoms with Crippen LogP contribution in [0.25, 0.3) is 0 Å². The number of carbonyl (C=O) groups excluding carboxylic acids is 2. The van der Waals surface area contributed by atoms with Crippen LogP contribution in [0.15, 0.2) is 60.7 Å². The molecule has 39 heavy (non-hydrogen) atoms. The highest BCUT2D eigenvalue weighted by molar-refractivity contribution is 5.98. The number of hydrogen-bond donors (Lipinski definition) is 2. The molecule has 0 radical (unpaired) electrons. The van der Waals surface area contributed by atoms with Crippen molar-refractivity contribution < 1.29 is 23.1 Å². The van der Waals surface area contributed by atoms with Gasteiger partial charge in [-0.15, -0.1) is 0 Å². The van der Waals surface area contributed by atoms with Crippen molar-refractivity contribution in [3.8, 4) is 0 Å². The number of rotatable bonds is 12. The number of ether oxygens (including phenoxy) is 1. The van der Waals surface area contributed by atoms with E-state index in [0.29, 0.717) is 24.2 Å². The number of nitrogens with zero attached hydrogens (tertiary/aromatic N) is 1. The number of esters is 1. The summed E-state index contributed by atoms with van der Waals surface area (Å²) in [5.74, 6) is -2.23. The lowest BCUT2D eigenvalue weighted by atomic mass is 10.0. The van der Waals surface area contributed by atoms with E-state index < -0.39 is 29.7 Å². The molecular weight excluding hydrogens is 500 g/mol. The number of hydrogen-bond acceptors (Lipinski definition) is 5. The molecular formula is C31H37F2N3O3. The molecule has 208 valence electrons. The number of halogens is 2. The summed E-state index contributed by atoms with van der Waals surface area (Å²) in [7, 11) is 1.69. The highest BCUT2D eigenvalue weighted by Crippen LogP contribution is 2.17. The molecule has 0 fully saturated rings. The Bertz CT molecular complexity index is 1280. The molecule has 6 nitrogen and oxygen atoms in total. The van der Waals surface area contributed by atoms with Crippen molar-refractivity contribution in [3.63, 3.8) is 0 Å². The molecule has 3 aromatic carbocycles. The maximum absolute atomic E-state index is 13.8. The third-order valence-corrected chi connectivity index (χ3v) is 6.59. The van der Waals surface area contributed by atoms with Gasteiger partial charge in [0.05, 0.1) is 5.56 Å². The fourth-order valence-electron chi connectivity index (χ4n) is 4.33. The Hall–Kier alpha value is -3.62. The van der Waals surface area contributed by atoms with Crippen LogP contribution < -0.4 is 11.1 Å². The van der Waals surface area contributed by atoms with Crippen molar-refractivity contribution in [3.05, 3.63) is 106 Å². The highest BCUT2D eigenvalue weighted by atomic mass is 19.1. The molecule has 3 N–H and O–H groups in total. The van der Waals surface area contributed by atoms with E-state index in [2.05, 4.69) is 24.4 Å². The second-order valence-electron chi connectivity index (χ2n) is 9.80. The average Bonchev–Trinajstić information content (AvgIpc) is 2.90. The molecule has 1 amide bonds. The lowest BCUT2D eigenvalue weighted by Gasteiger charge is -2.25. The molecule has 0 spiro atoms. The summed E-state index contributed by atoms with van der Waals surface area (Å²) in [5, 5.41) is 3.30. The SMILES string of the molecule is CCc1cccc(CNC[C@@H](OC(=O)c2cc(C)cc(C(=O)N(C)CC)c2)[C@@H](N)Cc2cc(F)cc(F)c2)c1. The molecule has 0 heterocycles. The van der Waals surface area contributed by atoms with Crippen molar-refractivity contribution in [2.45, 2.75) is 52.3 Å². The van der Waals surface area contributed by atoms with E-state index in [9.17, 15) is 18.4 Å². The average molecular weight is 538 g/mol. The first-order chi connectivity index (χ1) is 18.6. The first-order valence-corrected chi connectivity index (χ1v) is 13.2. The van der Waals surface area contributed by atoms with Crippen LogP contribution in [0.4, 0.5) is 8.78 Å². The van der Waals surface area contributed by atoms with Crippen LogP contribution >= 0.6 is 0 Å². The highest BCUT2D eigenvalue weighted by Gasteiger charge is 2.25. The zero-order valence-corrected chi connectivity index (χ0v) is 23.0. The molecule has 0 unspecified atom stereocenters. The summed E-state index contributed by atoms with van der Waals surface area (Å²) >= 11 is 0. The van der Waals surface area contributed by atoms with E-state index in [1.807, 2.05) is 19.1 Å². The van der Waals surface area contributed by atoms with Gasteiger partial charge < -0.3 is 20.7 Å². The Morgan fingerprint density at radius 1 is 0.949 bits per heavy atom. The van der Waals surface area contributed by atoms with E-state index in [-0.39, 0.29) is 24.4 Å². The molecule has 3 rings (SSSR count). The molecule has 0 bridgehead atoms. The zero-order chi connectivity index (χ0) is 28.5. The lowest BCUT2D eigenvalue weighted by Crippen LogP contribution is -2.46. The maximum Gasteiger partial charge on any atom is 0.338 e. The summed E-state index contributed by atoms with van der Waals surface area (Å²) in [4.78, 5) is 27.5. The van der Waals surface area contributed by atoms with Crippen molar-refractivity contribution in [2.24, 2.45) is 5.73 Å². The maximum atomic E-state index is 13.8. The van der Waals surface area contributed by atoms with E-state index in [0.717, 1.165) is 23.6 Å². The molecule has 3 aromatic rings. The fourth-order valence-corrected chi connectivity index (χ4v) is 4.33. The van der Waals surface area contributed by atoms with Crippen molar-refractivity contribution in [1.29, 1.82) is 0 Å². The van der Waals surface area contributed by atoms with Gasteiger partial charge in [0.15, 0.2) is 0 Å². The third-order valence-electron chi connectivity index (χ3n) is 6.59. The molecule has 2 atom stereocenters. The summed E-state index contributed by atoms with van der Waals surface area (Å²) in [6.07, 6.45) is 0.201. The van der Waals surface area contributed by atoms with Gasteiger partial charge in [-0.3, -0.25) is 4.79 Å². The Kier molecular flexibility index (Phi) is 10.7. The minimum atomic E-state index is -0.809. The minimum Gasteiger partial charge on any atom is -0.456 e. The van der Waals surface area contributed by atoms with Gasteiger partial charge in [-0.05, 0) is 79.3 Å². The van der Waals surface area contributed by atoms with Gasteiger partial charge in [0.1, 0.15) is 17.7 Å². The van der Waals surface area contributed by atoms with Crippen molar-refractivity contribution in [1.82, 2.24) is 10.2 Å². The summed E-state index contributed by atoms with van der Waals surface area (Å²) in [6, 6.07) is 15.5. The minimum absolute atomic E-state index is 0.0957. The molecule has 8 heteroatoms. The van der Waals surface area contributed by atoms with Gasteiger partial charge in [0.25, 0.3) is 5.91 Å². The van der Waals surface area contributed by atoms with Gasteiger partial charge in [0, 0.05) is 44.4 Å². The molecule has 0 aliphatic heterocycles. The fraction of sp³-hybridized carbons (Fsp3) is 0.355. The van der Waals surface area contributed by atoms with Crippen LogP contribution in [0.2, 0.25) is 0 Å². The number of nitrogens with two attached hydrogens (primary N) is 1. The zero-order valence-electron chi connectivity index (χ0n) is 23.0. The molecule has 0 saturated carbocycles.